The highest BCUT2D eigenvalue weighted by atomic mass is 16.5. The van der Waals surface area contributed by atoms with Crippen molar-refractivity contribution in [2.45, 2.75) is 13.0 Å². The smallest absolute Gasteiger partial charge is 0.121 e. The zero-order valence-corrected chi connectivity index (χ0v) is 7.40. The van der Waals surface area contributed by atoms with Gasteiger partial charge in [-0.1, -0.05) is 0 Å². The Morgan fingerprint density at radius 2 is 2.50 bits per heavy atom. The summed E-state index contributed by atoms with van der Waals surface area (Å²) < 4.78 is 6.86. The monoisotopic (exact) mass is 170 g/mol. The van der Waals surface area contributed by atoms with Crippen LogP contribution in [0.5, 0.6) is 0 Å². The van der Waals surface area contributed by atoms with Crippen molar-refractivity contribution in [1.29, 1.82) is 0 Å². The summed E-state index contributed by atoms with van der Waals surface area (Å²) >= 11 is 0. The highest BCUT2D eigenvalue weighted by Crippen LogP contribution is 2.08. The van der Waals surface area contributed by atoms with Crippen molar-refractivity contribution < 1.29 is 9.84 Å². The Bertz CT molecular complexity index is 235. The van der Waals surface area contributed by atoms with Crippen LogP contribution in [0.2, 0.25) is 0 Å². The minimum absolute atomic E-state index is 0.313. The molecular formula is C8H14N2O2. The molecular weight excluding hydrogens is 156 g/mol. The maximum atomic E-state index is 9.46. The third-order valence-corrected chi connectivity index (χ3v) is 1.55. The molecule has 0 aromatic carbocycles. The normalized spacial score (nSPS) is 13.2. The molecule has 0 bridgehead atoms. The van der Waals surface area contributed by atoms with Crippen molar-refractivity contribution in [2.24, 2.45) is 7.05 Å². The van der Waals surface area contributed by atoms with Crippen molar-refractivity contribution in [2.75, 3.05) is 13.2 Å². The molecule has 0 saturated carbocycles. The first-order valence-electron chi connectivity index (χ1n) is 3.97. The van der Waals surface area contributed by atoms with E-state index in [0.717, 1.165) is 0 Å². The number of aryl methyl sites for hydroxylation is 1. The van der Waals surface area contributed by atoms with Gasteiger partial charge in [0.05, 0.1) is 18.6 Å². The first-order chi connectivity index (χ1) is 5.74. The van der Waals surface area contributed by atoms with Gasteiger partial charge in [-0.15, -0.1) is 0 Å². The van der Waals surface area contributed by atoms with Gasteiger partial charge in [0.2, 0.25) is 0 Å². The number of aliphatic hydroxyl groups is 1. The minimum atomic E-state index is -0.605. The van der Waals surface area contributed by atoms with Gasteiger partial charge in [0.25, 0.3) is 0 Å². The summed E-state index contributed by atoms with van der Waals surface area (Å²) in [7, 11) is 1.86. The lowest BCUT2D eigenvalue weighted by atomic mass is 10.3. The van der Waals surface area contributed by atoms with Crippen molar-refractivity contribution in [3.05, 3.63) is 18.2 Å². The van der Waals surface area contributed by atoms with Crippen molar-refractivity contribution >= 4 is 0 Å². The highest BCUT2D eigenvalue weighted by molar-refractivity contribution is 5.00. The van der Waals surface area contributed by atoms with E-state index in [0.29, 0.717) is 18.9 Å². The maximum absolute atomic E-state index is 9.46. The summed E-state index contributed by atoms with van der Waals surface area (Å²) in [5, 5.41) is 9.46. The van der Waals surface area contributed by atoms with Gasteiger partial charge in [-0.3, -0.25) is 0 Å². The predicted octanol–water partition coefficient (Wildman–Crippen LogP) is 0.490. The predicted molar refractivity (Wildman–Crippen MR) is 44.7 cm³/mol. The Labute approximate surface area is 71.8 Å². The number of aromatic nitrogens is 2. The molecule has 1 aromatic heterocycles. The van der Waals surface area contributed by atoms with Crippen LogP contribution in [0.3, 0.4) is 0 Å². The van der Waals surface area contributed by atoms with Crippen LogP contribution < -0.4 is 0 Å². The number of hydrogen-bond donors (Lipinski definition) is 1. The zero-order valence-electron chi connectivity index (χ0n) is 7.40. The van der Waals surface area contributed by atoms with E-state index in [2.05, 4.69) is 4.98 Å². The second-order valence-electron chi connectivity index (χ2n) is 2.64. The molecule has 1 unspecified atom stereocenters. The van der Waals surface area contributed by atoms with Crippen LogP contribution in [0.15, 0.2) is 12.5 Å². The van der Waals surface area contributed by atoms with Crippen molar-refractivity contribution in [1.82, 2.24) is 9.55 Å². The Hall–Kier alpha value is -0.870. The lowest BCUT2D eigenvalue weighted by Crippen LogP contribution is -2.07. The Kier molecular flexibility index (Phi) is 3.25. The summed E-state index contributed by atoms with van der Waals surface area (Å²) in [6, 6.07) is 0. The SMILES string of the molecule is CCOCC(O)c1cn(C)cn1. The van der Waals surface area contributed by atoms with Gasteiger partial charge in [0.1, 0.15) is 6.10 Å². The second-order valence-corrected chi connectivity index (χ2v) is 2.64. The number of hydrogen-bond acceptors (Lipinski definition) is 3. The summed E-state index contributed by atoms with van der Waals surface area (Å²) in [5.74, 6) is 0. The molecule has 0 spiro atoms. The Morgan fingerprint density at radius 3 is 3.00 bits per heavy atom. The number of ether oxygens (including phenoxy) is 1. The van der Waals surface area contributed by atoms with Gasteiger partial charge in [0, 0.05) is 19.9 Å². The van der Waals surface area contributed by atoms with E-state index in [9.17, 15) is 5.11 Å². The largest absolute Gasteiger partial charge is 0.384 e. The number of imidazole rings is 1. The molecule has 0 amide bonds. The average molecular weight is 170 g/mol. The van der Waals surface area contributed by atoms with Crippen LogP contribution in [0.1, 0.15) is 18.7 Å². The van der Waals surface area contributed by atoms with Crippen LogP contribution in [-0.4, -0.2) is 27.9 Å². The van der Waals surface area contributed by atoms with Crippen LogP contribution in [-0.2, 0) is 11.8 Å². The zero-order chi connectivity index (χ0) is 8.97. The first kappa shape index (κ1) is 9.22. The van der Waals surface area contributed by atoms with Gasteiger partial charge >= 0.3 is 0 Å². The van der Waals surface area contributed by atoms with Gasteiger partial charge in [0.15, 0.2) is 0 Å². The molecule has 0 aliphatic rings. The molecule has 0 aliphatic heterocycles. The quantitative estimate of drug-likeness (QED) is 0.715. The summed E-state index contributed by atoms with van der Waals surface area (Å²) in [6.45, 7) is 2.82. The standard InChI is InChI=1S/C8H14N2O2/c1-3-12-5-8(11)7-4-10(2)6-9-7/h4,6,8,11H,3,5H2,1-2H3. The molecule has 0 aliphatic carbocycles. The Balaban J connectivity index is 2.47. The van der Waals surface area contributed by atoms with E-state index in [1.807, 2.05) is 14.0 Å². The number of nitrogens with zero attached hydrogens (tertiary/aromatic N) is 2. The molecule has 1 heterocycles. The van der Waals surface area contributed by atoms with E-state index >= 15 is 0 Å². The van der Waals surface area contributed by atoms with Crippen LogP contribution in [0.4, 0.5) is 0 Å². The second kappa shape index (κ2) is 4.23. The molecule has 1 aromatic rings. The number of rotatable bonds is 4. The lowest BCUT2D eigenvalue weighted by Gasteiger charge is -2.06. The van der Waals surface area contributed by atoms with Crippen molar-refractivity contribution in [3.63, 3.8) is 0 Å². The maximum Gasteiger partial charge on any atom is 0.121 e. The highest BCUT2D eigenvalue weighted by Gasteiger charge is 2.09. The van der Waals surface area contributed by atoms with E-state index in [1.165, 1.54) is 0 Å². The molecule has 0 radical (unpaired) electrons. The topological polar surface area (TPSA) is 47.3 Å². The molecule has 1 atom stereocenters. The minimum Gasteiger partial charge on any atom is -0.384 e. The fourth-order valence-corrected chi connectivity index (χ4v) is 0.920. The van der Waals surface area contributed by atoms with Crippen LogP contribution >= 0.6 is 0 Å². The Morgan fingerprint density at radius 1 is 1.75 bits per heavy atom. The summed E-state index contributed by atoms with van der Waals surface area (Å²) in [5.41, 5.74) is 0.658. The fraction of sp³-hybridized carbons (Fsp3) is 0.625. The summed E-state index contributed by atoms with van der Waals surface area (Å²) in [6.07, 6.45) is 2.83. The third kappa shape index (κ3) is 2.32. The molecule has 4 nitrogen and oxygen atoms in total. The summed E-state index contributed by atoms with van der Waals surface area (Å²) in [4.78, 5) is 4.00. The van der Waals surface area contributed by atoms with Gasteiger partial charge < -0.3 is 14.4 Å². The molecule has 1 N–H and O–H groups in total. The van der Waals surface area contributed by atoms with E-state index in [1.54, 1.807) is 17.1 Å². The van der Waals surface area contributed by atoms with Gasteiger partial charge in [-0.2, -0.15) is 0 Å². The van der Waals surface area contributed by atoms with Gasteiger partial charge in [-0.25, -0.2) is 4.98 Å². The molecule has 4 heteroatoms. The fourth-order valence-electron chi connectivity index (χ4n) is 0.920. The molecule has 1 rings (SSSR count). The number of aliphatic hydroxyl groups excluding tert-OH is 1. The van der Waals surface area contributed by atoms with Crippen LogP contribution in [0, 0.1) is 0 Å². The molecule has 0 fully saturated rings. The van der Waals surface area contributed by atoms with E-state index in [-0.39, 0.29) is 0 Å². The van der Waals surface area contributed by atoms with Gasteiger partial charge in [-0.05, 0) is 6.92 Å². The molecule has 0 saturated heterocycles. The van der Waals surface area contributed by atoms with Crippen molar-refractivity contribution in [3.8, 4) is 0 Å². The lowest BCUT2D eigenvalue weighted by molar-refractivity contribution is 0.0399. The molecule has 68 valence electrons. The van der Waals surface area contributed by atoms with E-state index < -0.39 is 6.10 Å². The first-order valence-corrected chi connectivity index (χ1v) is 3.97. The molecule has 12 heavy (non-hydrogen) atoms. The van der Waals surface area contributed by atoms with Crippen LogP contribution in [0.25, 0.3) is 0 Å². The van der Waals surface area contributed by atoms with E-state index in [4.69, 9.17) is 4.74 Å². The average Bonchev–Trinajstić information content (AvgIpc) is 2.47. The third-order valence-electron chi connectivity index (χ3n) is 1.55.